The number of nitrogens with one attached hydrogen (secondary N) is 1. The van der Waals surface area contributed by atoms with Crippen molar-refractivity contribution in [3.05, 3.63) is 23.9 Å². The monoisotopic (exact) mass is 343 g/mol. The van der Waals surface area contributed by atoms with Crippen LogP contribution in [0.5, 0.6) is 11.5 Å². The Labute approximate surface area is 147 Å². The van der Waals surface area contributed by atoms with Crippen LogP contribution >= 0.6 is 0 Å². The maximum atomic E-state index is 13.0. The van der Waals surface area contributed by atoms with E-state index >= 15 is 0 Å². The van der Waals surface area contributed by atoms with Crippen LogP contribution in [0.2, 0.25) is 0 Å². The number of aromatic amines is 1. The van der Waals surface area contributed by atoms with Gasteiger partial charge >= 0.3 is 0 Å². The molecule has 2 aliphatic heterocycles. The minimum absolute atomic E-state index is 0.0717. The molecule has 1 aromatic carbocycles. The lowest BCUT2D eigenvalue weighted by atomic mass is 9.99. The van der Waals surface area contributed by atoms with Crippen LogP contribution in [0.3, 0.4) is 0 Å². The number of hydrogen-bond acceptors (Lipinski definition) is 4. The average Bonchev–Trinajstić information content (AvgIpc) is 3.10. The van der Waals surface area contributed by atoms with Crippen LogP contribution in [0.25, 0.3) is 10.9 Å². The molecule has 2 aliphatic rings. The quantitative estimate of drug-likeness (QED) is 0.930. The SMILES string of the molecule is COc1cc(OC)c2[nH]c(C(=O)N3CCN4CCCC[C@H]4C3)cc2c1. The van der Waals surface area contributed by atoms with E-state index in [1.54, 1.807) is 14.2 Å². The summed E-state index contributed by atoms with van der Waals surface area (Å²) in [5.74, 6) is 1.48. The Hall–Kier alpha value is -2.21. The van der Waals surface area contributed by atoms with Crippen LogP contribution in [0.15, 0.2) is 18.2 Å². The van der Waals surface area contributed by atoms with Crippen LogP contribution < -0.4 is 9.47 Å². The number of ether oxygens (including phenoxy) is 2. The number of amides is 1. The fourth-order valence-electron chi connectivity index (χ4n) is 4.09. The second-order valence-electron chi connectivity index (χ2n) is 6.91. The molecule has 1 aromatic heterocycles. The van der Waals surface area contributed by atoms with E-state index in [9.17, 15) is 4.79 Å². The molecule has 1 atom stereocenters. The Morgan fingerprint density at radius 3 is 2.80 bits per heavy atom. The van der Waals surface area contributed by atoms with Gasteiger partial charge in [-0.2, -0.15) is 0 Å². The van der Waals surface area contributed by atoms with Gasteiger partial charge in [-0.25, -0.2) is 0 Å². The summed E-state index contributed by atoms with van der Waals surface area (Å²) in [4.78, 5) is 20.8. The van der Waals surface area contributed by atoms with Crippen molar-refractivity contribution in [1.82, 2.24) is 14.8 Å². The summed E-state index contributed by atoms with van der Waals surface area (Å²) in [6.07, 6.45) is 3.75. The molecule has 1 amide bonds. The van der Waals surface area contributed by atoms with Gasteiger partial charge in [-0.1, -0.05) is 6.42 Å². The normalized spacial score (nSPS) is 21.2. The molecule has 2 saturated heterocycles. The minimum atomic E-state index is 0.0717. The minimum Gasteiger partial charge on any atom is -0.497 e. The third-order valence-electron chi connectivity index (χ3n) is 5.48. The number of rotatable bonds is 3. The van der Waals surface area contributed by atoms with Crippen molar-refractivity contribution in [1.29, 1.82) is 0 Å². The highest BCUT2D eigenvalue weighted by Crippen LogP contribution is 2.32. The highest BCUT2D eigenvalue weighted by Gasteiger charge is 2.31. The molecule has 0 saturated carbocycles. The smallest absolute Gasteiger partial charge is 0.270 e. The van der Waals surface area contributed by atoms with Crippen molar-refractivity contribution in [2.24, 2.45) is 0 Å². The molecule has 2 fully saturated rings. The van der Waals surface area contributed by atoms with E-state index < -0.39 is 0 Å². The fraction of sp³-hybridized carbons (Fsp3) is 0.526. The third kappa shape index (κ3) is 2.95. The van der Waals surface area contributed by atoms with Gasteiger partial charge in [0.2, 0.25) is 0 Å². The number of carbonyl (C=O) groups excluding carboxylic acids is 1. The molecule has 4 rings (SSSR count). The summed E-state index contributed by atoms with van der Waals surface area (Å²) < 4.78 is 10.8. The van der Waals surface area contributed by atoms with E-state index in [2.05, 4.69) is 9.88 Å². The van der Waals surface area contributed by atoms with E-state index in [0.717, 1.165) is 36.3 Å². The first-order valence-electron chi connectivity index (χ1n) is 8.97. The van der Waals surface area contributed by atoms with E-state index in [1.807, 2.05) is 23.1 Å². The summed E-state index contributed by atoms with van der Waals surface area (Å²) in [5.41, 5.74) is 1.45. The van der Waals surface area contributed by atoms with Gasteiger partial charge in [-0.15, -0.1) is 0 Å². The van der Waals surface area contributed by atoms with Crippen molar-refractivity contribution < 1.29 is 14.3 Å². The third-order valence-corrected chi connectivity index (χ3v) is 5.48. The lowest BCUT2D eigenvalue weighted by Crippen LogP contribution is -2.56. The summed E-state index contributed by atoms with van der Waals surface area (Å²) >= 11 is 0. The molecule has 1 N–H and O–H groups in total. The Kier molecular flexibility index (Phi) is 4.29. The molecular weight excluding hydrogens is 318 g/mol. The first-order chi connectivity index (χ1) is 12.2. The Bertz CT molecular complexity index is 786. The molecule has 6 heteroatoms. The number of methoxy groups -OCH3 is 2. The molecule has 0 radical (unpaired) electrons. The number of H-pyrrole nitrogens is 1. The molecule has 3 heterocycles. The average molecular weight is 343 g/mol. The molecular formula is C19H25N3O3. The van der Waals surface area contributed by atoms with Crippen LogP contribution in [0.1, 0.15) is 29.8 Å². The highest BCUT2D eigenvalue weighted by atomic mass is 16.5. The van der Waals surface area contributed by atoms with E-state index in [0.29, 0.717) is 17.5 Å². The predicted molar refractivity (Wildman–Crippen MR) is 96.5 cm³/mol. The summed E-state index contributed by atoms with van der Waals surface area (Å²) in [6, 6.07) is 6.17. The molecule has 25 heavy (non-hydrogen) atoms. The maximum Gasteiger partial charge on any atom is 0.270 e. The van der Waals surface area contributed by atoms with Crippen molar-refractivity contribution in [3.63, 3.8) is 0 Å². The number of carbonyl (C=O) groups is 1. The topological polar surface area (TPSA) is 57.8 Å². The number of piperidine rings is 1. The molecule has 0 spiro atoms. The van der Waals surface area contributed by atoms with Crippen LogP contribution in [0.4, 0.5) is 0 Å². The molecule has 0 unspecified atom stereocenters. The van der Waals surface area contributed by atoms with Crippen molar-refractivity contribution in [2.75, 3.05) is 40.4 Å². The number of piperazine rings is 1. The van der Waals surface area contributed by atoms with Crippen LogP contribution in [-0.4, -0.2) is 67.1 Å². The molecule has 134 valence electrons. The summed E-state index contributed by atoms with van der Waals surface area (Å²) in [7, 11) is 3.25. The van der Waals surface area contributed by atoms with Crippen molar-refractivity contribution in [3.8, 4) is 11.5 Å². The number of benzene rings is 1. The van der Waals surface area contributed by atoms with Gasteiger partial charge in [0.15, 0.2) is 0 Å². The van der Waals surface area contributed by atoms with E-state index in [-0.39, 0.29) is 5.91 Å². The summed E-state index contributed by atoms with van der Waals surface area (Å²) in [5, 5.41) is 0.927. The Morgan fingerprint density at radius 1 is 1.12 bits per heavy atom. The Balaban J connectivity index is 1.59. The van der Waals surface area contributed by atoms with Crippen LogP contribution in [0, 0.1) is 0 Å². The highest BCUT2D eigenvalue weighted by molar-refractivity contribution is 6.00. The number of hydrogen-bond donors (Lipinski definition) is 1. The number of fused-ring (bicyclic) bond motifs is 2. The van der Waals surface area contributed by atoms with Gasteiger partial charge in [-0.05, 0) is 31.5 Å². The first kappa shape index (κ1) is 16.3. The predicted octanol–water partition coefficient (Wildman–Crippen LogP) is 2.50. The van der Waals surface area contributed by atoms with Crippen LogP contribution in [-0.2, 0) is 0 Å². The lowest BCUT2D eigenvalue weighted by molar-refractivity contribution is 0.0369. The van der Waals surface area contributed by atoms with Gasteiger partial charge in [0.05, 0.1) is 19.7 Å². The zero-order valence-electron chi connectivity index (χ0n) is 14.9. The van der Waals surface area contributed by atoms with E-state index in [1.165, 1.54) is 25.8 Å². The number of aromatic nitrogens is 1. The van der Waals surface area contributed by atoms with Gasteiger partial charge in [-0.3, -0.25) is 9.69 Å². The standard InChI is InChI=1S/C19H25N3O3/c1-24-15-9-13-10-16(20-18(13)17(11-15)25-2)19(23)22-8-7-21-6-4-3-5-14(21)12-22/h9-11,14,20H,3-8,12H2,1-2H3/t14-/m0/s1. The van der Waals surface area contributed by atoms with Crippen molar-refractivity contribution >= 4 is 16.8 Å². The summed E-state index contributed by atoms with van der Waals surface area (Å²) in [6.45, 7) is 3.78. The second-order valence-corrected chi connectivity index (χ2v) is 6.91. The van der Waals surface area contributed by atoms with Gasteiger partial charge in [0.1, 0.15) is 17.2 Å². The van der Waals surface area contributed by atoms with Crippen molar-refractivity contribution in [2.45, 2.75) is 25.3 Å². The Morgan fingerprint density at radius 2 is 2.00 bits per heavy atom. The van der Waals surface area contributed by atoms with Gasteiger partial charge in [0, 0.05) is 37.1 Å². The number of nitrogens with zero attached hydrogens (tertiary/aromatic N) is 2. The zero-order chi connectivity index (χ0) is 17.4. The molecule has 0 aliphatic carbocycles. The molecule has 0 bridgehead atoms. The maximum absolute atomic E-state index is 13.0. The lowest BCUT2D eigenvalue weighted by Gasteiger charge is -2.43. The zero-order valence-corrected chi connectivity index (χ0v) is 14.9. The largest absolute Gasteiger partial charge is 0.497 e. The van der Waals surface area contributed by atoms with Gasteiger partial charge in [0.25, 0.3) is 5.91 Å². The second kappa shape index (κ2) is 6.59. The molecule has 2 aromatic rings. The fourth-order valence-corrected chi connectivity index (χ4v) is 4.09. The van der Waals surface area contributed by atoms with Gasteiger partial charge < -0.3 is 19.4 Å². The van der Waals surface area contributed by atoms with E-state index in [4.69, 9.17) is 9.47 Å². The first-order valence-corrected chi connectivity index (χ1v) is 8.97. The molecule has 6 nitrogen and oxygen atoms in total.